The van der Waals surface area contributed by atoms with Crippen LogP contribution in [0, 0.1) is 5.92 Å². The van der Waals surface area contributed by atoms with Gasteiger partial charge in [0.2, 0.25) is 0 Å². The van der Waals surface area contributed by atoms with Crippen LogP contribution in [0.3, 0.4) is 0 Å². The van der Waals surface area contributed by atoms with Crippen molar-refractivity contribution in [3.63, 3.8) is 0 Å². The molecule has 0 atom stereocenters. The summed E-state index contributed by atoms with van der Waals surface area (Å²) in [7, 11) is 0. The molecule has 18 heavy (non-hydrogen) atoms. The second-order valence-corrected chi connectivity index (χ2v) is 4.60. The summed E-state index contributed by atoms with van der Waals surface area (Å²) in [4.78, 5) is 0. The number of oxime groups is 1. The van der Waals surface area contributed by atoms with Crippen LogP contribution in [0.15, 0.2) is 29.4 Å². The van der Waals surface area contributed by atoms with Gasteiger partial charge in [0, 0.05) is 10.9 Å². The first kappa shape index (κ1) is 14.8. The Hall–Kier alpha value is -1.26. The molecule has 1 aliphatic rings. The van der Waals surface area contributed by atoms with Gasteiger partial charge < -0.3 is 16.0 Å². The summed E-state index contributed by atoms with van der Waals surface area (Å²) in [6.07, 6.45) is 0.953. The number of nitrogens with two attached hydrogens (primary N) is 1. The molecule has 2 rings (SSSR count). The Balaban J connectivity index is 0.000000771. The molecule has 0 amide bonds. The number of benzene rings is 1. The summed E-state index contributed by atoms with van der Waals surface area (Å²) < 4.78 is 0. The van der Waals surface area contributed by atoms with Crippen molar-refractivity contribution in [2.75, 3.05) is 0 Å². The van der Waals surface area contributed by atoms with Gasteiger partial charge in [-0.05, 0) is 30.5 Å². The Kier molecular flexibility index (Phi) is 4.99. The smallest absolute Gasteiger partial charge is 0.142 e. The topological polar surface area (TPSA) is 78.8 Å². The number of amidine groups is 1. The molecule has 0 radical (unpaired) electrons. The van der Waals surface area contributed by atoms with Crippen molar-refractivity contribution >= 4 is 17.4 Å². The van der Waals surface area contributed by atoms with Crippen LogP contribution in [0.4, 0.5) is 0 Å². The molecule has 0 bridgehead atoms. The minimum Gasteiger partial charge on any atom is -0.409 e. The van der Waals surface area contributed by atoms with Gasteiger partial charge in [-0.3, -0.25) is 0 Å². The van der Waals surface area contributed by atoms with Gasteiger partial charge in [-0.15, -0.1) is 0 Å². The largest absolute Gasteiger partial charge is 0.409 e. The van der Waals surface area contributed by atoms with Gasteiger partial charge in [0.05, 0.1) is 5.60 Å². The molecule has 5 heteroatoms. The molecule has 4 nitrogen and oxygen atoms in total. The summed E-state index contributed by atoms with van der Waals surface area (Å²) in [5, 5.41) is 22.3. The van der Waals surface area contributed by atoms with Crippen LogP contribution in [0.1, 0.15) is 32.3 Å². The number of halogens is 1. The fraction of sp³-hybridized carbons (Fsp3) is 0.462. The molecule has 4 N–H and O–H groups in total. The first-order chi connectivity index (χ1) is 8.55. The summed E-state index contributed by atoms with van der Waals surface area (Å²) in [6.45, 7) is 4.00. The van der Waals surface area contributed by atoms with E-state index >= 15 is 0 Å². The molecule has 0 aliphatic heterocycles. The van der Waals surface area contributed by atoms with E-state index in [9.17, 15) is 5.11 Å². The quantitative estimate of drug-likeness (QED) is 0.335. The molecular formula is C13H19ClN2O2. The van der Waals surface area contributed by atoms with Crippen molar-refractivity contribution in [3.8, 4) is 0 Å². The van der Waals surface area contributed by atoms with E-state index in [1.54, 1.807) is 24.3 Å². The van der Waals surface area contributed by atoms with Crippen molar-refractivity contribution in [2.24, 2.45) is 16.8 Å². The number of hydrogen-bond acceptors (Lipinski definition) is 3. The third-order valence-corrected chi connectivity index (χ3v) is 3.34. The Bertz CT molecular complexity index is 412. The third-order valence-electron chi connectivity index (χ3n) is 3.08. The zero-order chi connectivity index (χ0) is 13.8. The van der Waals surface area contributed by atoms with E-state index in [4.69, 9.17) is 22.5 Å². The predicted octanol–water partition coefficient (Wildman–Crippen LogP) is 2.71. The van der Waals surface area contributed by atoms with Crippen molar-refractivity contribution in [2.45, 2.75) is 32.3 Å². The van der Waals surface area contributed by atoms with Gasteiger partial charge >= 0.3 is 0 Å². The fourth-order valence-corrected chi connectivity index (χ4v) is 2.17. The van der Waals surface area contributed by atoms with Gasteiger partial charge in [0.1, 0.15) is 5.84 Å². The molecule has 100 valence electrons. The molecule has 0 heterocycles. The molecule has 1 fully saturated rings. The molecule has 1 aromatic carbocycles. The normalized spacial score (nSPS) is 26.9. The highest BCUT2D eigenvalue weighted by Gasteiger charge is 2.45. The van der Waals surface area contributed by atoms with Gasteiger partial charge in [0.25, 0.3) is 0 Å². The second-order valence-electron chi connectivity index (χ2n) is 4.17. The van der Waals surface area contributed by atoms with E-state index < -0.39 is 5.60 Å². The number of aliphatic hydroxyl groups is 1. The van der Waals surface area contributed by atoms with Crippen LogP contribution in [0.2, 0.25) is 5.02 Å². The van der Waals surface area contributed by atoms with Crippen molar-refractivity contribution in [1.29, 1.82) is 0 Å². The van der Waals surface area contributed by atoms with Crippen molar-refractivity contribution in [1.82, 2.24) is 0 Å². The molecule has 1 saturated carbocycles. The van der Waals surface area contributed by atoms with Crippen LogP contribution >= 0.6 is 11.6 Å². The molecular weight excluding hydrogens is 252 g/mol. The summed E-state index contributed by atoms with van der Waals surface area (Å²) >= 11 is 5.77. The zero-order valence-electron chi connectivity index (χ0n) is 10.6. The second kappa shape index (κ2) is 6.07. The fourth-order valence-electron chi connectivity index (χ4n) is 2.04. The number of hydrogen-bond donors (Lipinski definition) is 3. The molecule has 0 aromatic heterocycles. The maximum Gasteiger partial charge on any atom is 0.142 e. The number of nitrogens with zero attached hydrogens (tertiary/aromatic N) is 1. The van der Waals surface area contributed by atoms with Crippen LogP contribution in [-0.4, -0.2) is 16.1 Å². The third kappa shape index (κ3) is 2.94. The van der Waals surface area contributed by atoms with E-state index in [0.29, 0.717) is 17.9 Å². The van der Waals surface area contributed by atoms with Crippen LogP contribution in [0.5, 0.6) is 0 Å². The van der Waals surface area contributed by atoms with Crippen molar-refractivity contribution in [3.05, 3.63) is 34.9 Å². The van der Waals surface area contributed by atoms with Gasteiger partial charge in [0.15, 0.2) is 0 Å². The molecule has 0 unspecified atom stereocenters. The minimum absolute atomic E-state index is 0.0503. The first-order valence-corrected chi connectivity index (χ1v) is 6.39. The SMILES string of the molecule is CC.N/C(=N\O)C1CC(O)(c2ccc(Cl)cc2)C1. The lowest BCUT2D eigenvalue weighted by Crippen LogP contribution is -2.46. The monoisotopic (exact) mass is 270 g/mol. The van der Waals surface area contributed by atoms with Crippen LogP contribution < -0.4 is 5.73 Å². The van der Waals surface area contributed by atoms with E-state index in [-0.39, 0.29) is 11.8 Å². The maximum absolute atomic E-state index is 10.3. The van der Waals surface area contributed by atoms with Gasteiger partial charge in [-0.25, -0.2) is 0 Å². The summed E-state index contributed by atoms with van der Waals surface area (Å²) in [5.74, 6) is 0.129. The highest BCUT2D eigenvalue weighted by Crippen LogP contribution is 2.45. The minimum atomic E-state index is -0.870. The zero-order valence-corrected chi connectivity index (χ0v) is 11.4. The van der Waals surface area contributed by atoms with Crippen LogP contribution in [0.25, 0.3) is 0 Å². The Morgan fingerprint density at radius 2 is 1.83 bits per heavy atom. The molecule has 1 aromatic rings. The van der Waals surface area contributed by atoms with Gasteiger partial charge in [-0.1, -0.05) is 42.7 Å². The standard InChI is InChI=1S/C11H13ClN2O2.C2H6/c12-9-3-1-8(2-4-9)11(15)5-7(6-11)10(13)14-16;1-2/h1-4,7,15-16H,5-6H2,(H2,13,14);1-2H3. The number of rotatable bonds is 2. The summed E-state index contributed by atoms with van der Waals surface area (Å²) in [5.41, 5.74) is 5.42. The van der Waals surface area contributed by atoms with E-state index in [2.05, 4.69) is 5.16 Å². The Morgan fingerprint density at radius 1 is 1.33 bits per heavy atom. The Morgan fingerprint density at radius 3 is 2.28 bits per heavy atom. The molecule has 0 spiro atoms. The Labute approximate surface area is 112 Å². The first-order valence-electron chi connectivity index (χ1n) is 6.01. The maximum atomic E-state index is 10.3. The highest BCUT2D eigenvalue weighted by molar-refractivity contribution is 6.30. The van der Waals surface area contributed by atoms with Crippen LogP contribution in [-0.2, 0) is 5.60 Å². The highest BCUT2D eigenvalue weighted by atomic mass is 35.5. The average Bonchev–Trinajstić information content (AvgIpc) is 2.37. The lowest BCUT2D eigenvalue weighted by atomic mass is 9.67. The van der Waals surface area contributed by atoms with E-state index in [0.717, 1.165) is 5.56 Å². The predicted molar refractivity (Wildman–Crippen MR) is 72.8 cm³/mol. The molecule has 0 saturated heterocycles. The van der Waals surface area contributed by atoms with Crippen molar-refractivity contribution < 1.29 is 10.3 Å². The lowest BCUT2D eigenvalue weighted by Gasteiger charge is -2.43. The summed E-state index contributed by atoms with van der Waals surface area (Å²) in [6, 6.07) is 7.08. The lowest BCUT2D eigenvalue weighted by molar-refractivity contribution is -0.0602. The molecule has 1 aliphatic carbocycles. The van der Waals surface area contributed by atoms with E-state index in [1.165, 1.54) is 0 Å². The van der Waals surface area contributed by atoms with E-state index in [1.807, 2.05) is 13.8 Å². The average molecular weight is 271 g/mol. The van der Waals surface area contributed by atoms with Gasteiger partial charge in [-0.2, -0.15) is 0 Å².